The van der Waals surface area contributed by atoms with Crippen molar-refractivity contribution in [3.05, 3.63) is 54.1 Å². The van der Waals surface area contributed by atoms with Crippen molar-refractivity contribution in [2.24, 2.45) is 5.41 Å². The van der Waals surface area contributed by atoms with E-state index in [1.807, 2.05) is 53.4 Å². The summed E-state index contributed by atoms with van der Waals surface area (Å²) in [5.74, 6) is 7.10. The van der Waals surface area contributed by atoms with Crippen LogP contribution in [0.2, 0.25) is 0 Å². The molecule has 0 radical (unpaired) electrons. The molecule has 0 aliphatic carbocycles. The quantitative estimate of drug-likeness (QED) is 0.553. The van der Waals surface area contributed by atoms with Crippen LogP contribution in [0.3, 0.4) is 0 Å². The predicted octanol–water partition coefficient (Wildman–Crippen LogP) is 3.77. The van der Waals surface area contributed by atoms with E-state index in [-0.39, 0.29) is 11.3 Å². The topological polar surface area (TPSA) is 54.0 Å². The molecule has 1 spiro atoms. The lowest BCUT2D eigenvalue weighted by Gasteiger charge is -2.38. The molecule has 0 bridgehead atoms. The maximum atomic E-state index is 12.5. The molecule has 2 aliphatic heterocycles. The van der Waals surface area contributed by atoms with Crippen molar-refractivity contribution < 1.29 is 14.3 Å². The highest BCUT2D eigenvalue weighted by atomic mass is 32.1. The fourth-order valence-corrected chi connectivity index (χ4v) is 4.78. The summed E-state index contributed by atoms with van der Waals surface area (Å²) in [6, 6.07) is 15.3. The third kappa shape index (κ3) is 5.58. The Hall–Kier alpha value is -3.24. The number of rotatable bonds is 3. The van der Waals surface area contributed by atoms with E-state index in [4.69, 9.17) is 21.7 Å². The minimum absolute atomic E-state index is 0.0901. The summed E-state index contributed by atoms with van der Waals surface area (Å²) in [7, 11) is 3.26. The number of carbonyl (C=O) groups is 1. The van der Waals surface area contributed by atoms with Crippen molar-refractivity contribution in [1.29, 1.82) is 0 Å². The Morgan fingerprint density at radius 1 is 0.970 bits per heavy atom. The van der Waals surface area contributed by atoms with Gasteiger partial charge in [0.1, 0.15) is 11.5 Å². The molecule has 1 N–H and O–H groups in total. The maximum absolute atomic E-state index is 12.5. The van der Waals surface area contributed by atoms with Gasteiger partial charge in [-0.1, -0.05) is 24.1 Å². The van der Waals surface area contributed by atoms with Crippen molar-refractivity contribution in [2.45, 2.75) is 19.3 Å². The van der Waals surface area contributed by atoms with Gasteiger partial charge in [0.2, 0.25) is 0 Å². The van der Waals surface area contributed by atoms with Crippen molar-refractivity contribution >= 4 is 28.9 Å². The minimum Gasteiger partial charge on any atom is -0.497 e. The van der Waals surface area contributed by atoms with Crippen LogP contribution in [0.4, 0.5) is 5.69 Å². The minimum atomic E-state index is -0.0901. The number of hydrogen-bond acceptors (Lipinski definition) is 4. The Bertz CT molecular complexity index is 1050. The number of piperidine rings is 1. The Morgan fingerprint density at radius 3 is 2.18 bits per heavy atom. The number of nitrogens with zero attached hydrogens (tertiary/aromatic N) is 2. The average Bonchev–Trinajstić information content (AvgIpc) is 3.27. The largest absolute Gasteiger partial charge is 0.497 e. The monoisotopic (exact) mass is 463 g/mol. The molecular formula is C26H29N3O3S. The van der Waals surface area contributed by atoms with Crippen LogP contribution in [0.1, 0.15) is 24.8 Å². The Labute approximate surface area is 200 Å². The van der Waals surface area contributed by atoms with Crippen LogP contribution in [-0.2, 0) is 4.79 Å². The second-order valence-electron chi connectivity index (χ2n) is 8.61. The van der Waals surface area contributed by atoms with Crippen molar-refractivity contribution in [3.8, 4) is 23.3 Å². The standard InChI is InChI=1S/C26H29N3O3S/c1-31-22-16-21(17-23(18-22)32-2)27-25(33)29-15-12-26(19-29)10-13-28(14-11-26)24(30)9-8-20-6-4-3-5-7-20/h3-7,16-18H,10-15,19H2,1-2H3,(H,27,33). The van der Waals surface area contributed by atoms with Gasteiger partial charge in [0.05, 0.1) is 14.2 Å². The first-order valence-electron chi connectivity index (χ1n) is 11.2. The van der Waals surface area contributed by atoms with E-state index in [9.17, 15) is 4.79 Å². The molecule has 2 heterocycles. The van der Waals surface area contributed by atoms with Crippen LogP contribution in [0.25, 0.3) is 0 Å². The van der Waals surface area contributed by atoms with E-state index in [0.717, 1.165) is 56.7 Å². The zero-order valence-electron chi connectivity index (χ0n) is 19.1. The molecule has 172 valence electrons. The first-order valence-corrected chi connectivity index (χ1v) is 11.6. The highest BCUT2D eigenvalue weighted by Gasteiger charge is 2.42. The van der Waals surface area contributed by atoms with E-state index in [2.05, 4.69) is 22.1 Å². The number of thiocarbonyl (C=S) groups is 1. The van der Waals surface area contributed by atoms with E-state index < -0.39 is 0 Å². The van der Waals surface area contributed by atoms with Gasteiger partial charge in [0, 0.05) is 61.5 Å². The summed E-state index contributed by atoms with van der Waals surface area (Å²) in [6.45, 7) is 3.29. The van der Waals surface area contributed by atoms with Gasteiger partial charge < -0.3 is 24.6 Å². The number of nitrogens with one attached hydrogen (secondary N) is 1. The summed E-state index contributed by atoms with van der Waals surface area (Å²) in [4.78, 5) is 16.7. The summed E-state index contributed by atoms with van der Waals surface area (Å²) >= 11 is 5.70. The number of benzene rings is 2. The highest BCUT2D eigenvalue weighted by molar-refractivity contribution is 7.80. The van der Waals surface area contributed by atoms with Gasteiger partial charge in [-0.3, -0.25) is 4.79 Å². The van der Waals surface area contributed by atoms with E-state index in [1.165, 1.54) is 0 Å². The molecular weight excluding hydrogens is 434 g/mol. The number of methoxy groups -OCH3 is 2. The summed E-state index contributed by atoms with van der Waals surface area (Å²) < 4.78 is 10.7. The molecule has 33 heavy (non-hydrogen) atoms. The Kier molecular flexibility index (Phi) is 7.05. The number of amides is 1. The zero-order chi connectivity index (χ0) is 23.3. The van der Waals surface area contributed by atoms with Crippen LogP contribution in [0, 0.1) is 17.3 Å². The zero-order valence-corrected chi connectivity index (χ0v) is 19.9. The maximum Gasteiger partial charge on any atom is 0.298 e. The smallest absolute Gasteiger partial charge is 0.298 e. The third-order valence-corrected chi connectivity index (χ3v) is 6.89. The summed E-state index contributed by atoms with van der Waals surface area (Å²) in [5, 5.41) is 4.03. The molecule has 1 amide bonds. The lowest BCUT2D eigenvalue weighted by atomic mass is 9.78. The predicted molar refractivity (Wildman–Crippen MR) is 134 cm³/mol. The van der Waals surface area contributed by atoms with Gasteiger partial charge in [-0.05, 0) is 49.0 Å². The summed E-state index contributed by atoms with van der Waals surface area (Å²) in [6.07, 6.45) is 3.02. The van der Waals surface area contributed by atoms with Crippen LogP contribution in [0.15, 0.2) is 48.5 Å². The van der Waals surface area contributed by atoms with Crippen molar-refractivity contribution in [2.75, 3.05) is 45.7 Å². The first-order chi connectivity index (χ1) is 16.0. The molecule has 6 nitrogen and oxygen atoms in total. The van der Waals surface area contributed by atoms with Crippen LogP contribution in [0.5, 0.6) is 11.5 Å². The number of hydrogen-bond donors (Lipinski definition) is 1. The average molecular weight is 464 g/mol. The molecule has 2 aromatic rings. The normalized spacial score (nSPS) is 16.7. The lowest BCUT2D eigenvalue weighted by Crippen LogP contribution is -2.44. The summed E-state index contributed by atoms with van der Waals surface area (Å²) in [5.41, 5.74) is 1.90. The second-order valence-corrected chi connectivity index (χ2v) is 9.00. The Morgan fingerprint density at radius 2 is 1.58 bits per heavy atom. The van der Waals surface area contributed by atoms with Gasteiger partial charge in [-0.2, -0.15) is 0 Å². The molecule has 2 saturated heterocycles. The van der Waals surface area contributed by atoms with Crippen LogP contribution in [-0.4, -0.2) is 61.2 Å². The van der Waals surface area contributed by atoms with E-state index >= 15 is 0 Å². The second kappa shape index (κ2) is 10.1. The van der Waals surface area contributed by atoms with Crippen molar-refractivity contribution in [1.82, 2.24) is 9.80 Å². The molecule has 0 unspecified atom stereocenters. The number of ether oxygens (including phenoxy) is 2. The van der Waals surface area contributed by atoms with Crippen LogP contribution >= 0.6 is 12.2 Å². The SMILES string of the molecule is COc1cc(NC(=S)N2CCC3(CCN(C(=O)C#Cc4ccccc4)CC3)C2)cc(OC)c1. The molecule has 7 heteroatoms. The van der Waals surface area contributed by atoms with Gasteiger partial charge in [-0.15, -0.1) is 0 Å². The van der Waals surface area contributed by atoms with Gasteiger partial charge in [0.15, 0.2) is 5.11 Å². The van der Waals surface area contributed by atoms with E-state index in [1.54, 1.807) is 14.2 Å². The fourth-order valence-electron chi connectivity index (χ4n) is 4.51. The molecule has 2 aliphatic rings. The molecule has 0 atom stereocenters. The first kappa shape index (κ1) is 22.9. The molecule has 4 rings (SSSR count). The third-order valence-electron chi connectivity index (χ3n) is 6.53. The number of likely N-dealkylation sites (tertiary alicyclic amines) is 2. The number of carbonyl (C=O) groups excluding carboxylic acids is 1. The molecule has 0 saturated carbocycles. The van der Waals surface area contributed by atoms with E-state index in [0.29, 0.717) is 16.6 Å². The van der Waals surface area contributed by atoms with Crippen LogP contribution < -0.4 is 14.8 Å². The molecule has 2 fully saturated rings. The van der Waals surface area contributed by atoms with Crippen molar-refractivity contribution in [3.63, 3.8) is 0 Å². The molecule has 0 aromatic heterocycles. The molecule has 2 aromatic carbocycles. The van der Waals surface area contributed by atoms with Gasteiger partial charge >= 0.3 is 0 Å². The van der Waals surface area contributed by atoms with Gasteiger partial charge in [0.25, 0.3) is 5.91 Å². The lowest BCUT2D eigenvalue weighted by molar-refractivity contribution is -0.127. The fraction of sp³-hybridized carbons (Fsp3) is 0.385. The highest BCUT2D eigenvalue weighted by Crippen LogP contribution is 2.40. The van der Waals surface area contributed by atoms with Gasteiger partial charge in [-0.25, -0.2) is 0 Å². The number of anilines is 1. The Balaban J connectivity index is 1.31.